The highest BCUT2D eigenvalue weighted by atomic mass is 16.5. The third-order valence-corrected chi connectivity index (χ3v) is 6.34. The van der Waals surface area contributed by atoms with Crippen molar-refractivity contribution >= 4 is 11.6 Å². The summed E-state index contributed by atoms with van der Waals surface area (Å²) in [6.45, 7) is 3.50. The molecule has 2 fully saturated rings. The van der Waals surface area contributed by atoms with Crippen molar-refractivity contribution < 1.29 is 9.53 Å². The number of nitrogens with one attached hydrogen (secondary N) is 2. The number of aromatic amines is 1. The lowest BCUT2D eigenvalue weighted by molar-refractivity contribution is -0.131. The first kappa shape index (κ1) is 23.1. The van der Waals surface area contributed by atoms with E-state index in [9.17, 15) is 4.79 Å². The molecule has 0 radical (unpaired) electrons. The van der Waals surface area contributed by atoms with E-state index >= 15 is 0 Å². The average molecular weight is 450 g/mol. The monoisotopic (exact) mass is 449 g/mol. The third kappa shape index (κ3) is 6.71. The summed E-state index contributed by atoms with van der Waals surface area (Å²) in [5, 5.41) is 10.6. The molecule has 176 valence electrons. The summed E-state index contributed by atoms with van der Waals surface area (Å²) in [4.78, 5) is 16.2. The average Bonchev–Trinajstić information content (AvgIpc) is 3.67. The van der Waals surface area contributed by atoms with Crippen molar-refractivity contribution in [3.8, 4) is 16.9 Å². The minimum absolute atomic E-state index is 0.256. The molecule has 1 aliphatic carbocycles. The Morgan fingerprint density at radius 3 is 2.42 bits per heavy atom. The molecule has 1 aromatic heterocycles. The number of rotatable bonds is 8. The normalized spacial score (nSPS) is 16.1. The molecular weight excluding hydrogens is 414 g/mol. The Morgan fingerprint density at radius 2 is 1.70 bits per heavy atom. The van der Waals surface area contributed by atoms with E-state index in [1.165, 1.54) is 0 Å². The van der Waals surface area contributed by atoms with Crippen LogP contribution in [0.25, 0.3) is 11.1 Å². The van der Waals surface area contributed by atoms with Crippen LogP contribution in [0, 0.1) is 5.92 Å². The first-order chi connectivity index (χ1) is 16.1. The third-order valence-electron chi connectivity index (χ3n) is 6.34. The van der Waals surface area contributed by atoms with Crippen LogP contribution in [0.2, 0.25) is 0 Å². The Balaban J connectivity index is 1.43. The summed E-state index contributed by atoms with van der Waals surface area (Å²) < 4.78 is 6.13. The van der Waals surface area contributed by atoms with E-state index in [1.807, 2.05) is 43.4 Å². The summed E-state index contributed by atoms with van der Waals surface area (Å²) in [7, 11) is 3.94. The number of hydrogen-bond donors (Lipinski definition) is 2. The molecule has 0 spiro atoms. The quantitative estimate of drug-likeness (QED) is 0.644. The molecule has 1 saturated heterocycles. The fraction of sp³-hybridized carbons (Fsp3) is 0.462. The highest BCUT2D eigenvalue weighted by molar-refractivity contribution is 5.80. The molecule has 7 nitrogen and oxygen atoms in total. The number of nitrogens with zero attached hydrogens (tertiary/aromatic N) is 3. The number of H-pyrrole nitrogens is 1. The second kappa shape index (κ2) is 11.2. The van der Waals surface area contributed by atoms with Crippen molar-refractivity contribution in [3.63, 3.8) is 0 Å². The van der Waals surface area contributed by atoms with Gasteiger partial charge in [-0.15, -0.1) is 0 Å². The maximum atomic E-state index is 12.2. The van der Waals surface area contributed by atoms with Crippen molar-refractivity contribution in [2.24, 2.45) is 5.92 Å². The summed E-state index contributed by atoms with van der Waals surface area (Å²) in [6.07, 6.45) is 8.11. The van der Waals surface area contributed by atoms with E-state index in [4.69, 9.17) is 4.74 Å². The summed E-state index contributed by atoms with van der Waals surface area (Å²) in [6, 6.07) is 14.4. The minimum Gasteiger partial charge on any atom is -0.490 e. The van der Waals surface area contributed by atoms with Gasteiger partial charge in [-0.2, -0.15) is 5.10 Å². The molecule has 2 heterocycles. The molecule has 1 amide bonds. The van der Waals surface area contributed by atoms with Crippen molar-refractivity contribution in [1.82, 2.24) is 20.4 Å². The van der Waals surface area contributed by atoms with Gasteiger partial charge in [0.25, 0.3) is 0 Å². The van der Waals surface area contributed by atoms with E-state index in [2.05, 4.69) is 44.7 Å². The first-order valence-corrected chi connectivity index (χ1v) is 11.9. The van der Waals surface area contributed by atoms with E-state index in [0.29, 0.717) is 12.6 Å². The highest BCUT2D eigenvalue weighted by Gasteiger charge is 2.31. The number of benzene rings is 1. The largest absolute Gasteiger partial charge is 0.490 e. The molecular formula is C26H35N5O2. The van der Waals surface area contributed by atoms with Gasteiger partial charge in [-0.3, -0.25) is 9.89 Å². The molecule has 7 heteroatoms. The zero-order valence-corrected chi connectivity index (χ0v) is 19.7. The van der Waals surface area contributed by atoms with Crippen LogP contribution >= 0.6 is 0 Å². The van der Waals surface area contributed by atoms with Gasteiger partial charge in [-0.1, -0.05) is 18.2 Å². The molecule has 0 unspecified atom stereocenters. The van der Waals surface area contributed by atoms with Crippen LogP contribution < -0.4 is 15.0 Å². The Bertz CT molecular complexity index is 963. The number of amides is 1. The van der Waals surface area contributed by atoms with Crippen LogP contribution in [0.4, 0.5) is 5.69 Å². The zero-order valence-electron chi connectivity index (χ0n) is 19.7. The Morgan fingerprint density at radius 1 is 0.970 bits per heavy atom. The van der Waals surface area contributed by atoms with Gasteiger partial charge in [0, 0.05) is 51.2 Å². The predicted molar refractivity (Wildman–Crippen MR) is 132 cm³/mol. The topological polar surface area (TPSA) is 73.5 Å². The van der Waals surface area contributed by atoms with Gasteiger partial charge in [0.05, 0.1) is 0 Å². The van der Waals surface area contributed by atoms with Gasteiger partial charge in [0.1, 0.15) is 11.9 Å². The van der Waals surface area contributed by atoms with Crippen LogP contribution in [0.1, 0.15) is 25.7 Å². The van der Waals surface area contributed by atoms with Crippen molar-refractivity contribution in [3.05, 3.63) is 54.9 Å². The standard InChI is InChI=1S/C26H35N5O2/c1-30(17-18-31(2)26(32)21-3-4-21)23-8-5-22(19-29-28-16-11-23)20-6-9-24(10-7-20)33-25-12-14-27-15-13-25/h5-11,16,19,21,25,27,29H,3-4,12-15,17-18H2,1-2H3. The molecule has 2 aliphatic rings. The van der Waals surface area contributed by atoms with Gasteiger partial charge in [0.2, 0.25) is 5.91 Å². The van der Waals surface area contributed by atoms with Crippen LogP contribution in [0.15, 0.2) is 54.9 Å². The van der Waals surface area contributed by atoms with Crippen molar-refractivity contribution in [2.75, 3.05) is 45.2 Å². The van der Waals surface area contributed by atoms with Gasteiger partial charge in [-0.25, -0.2) is 0 Å². The van der Waals surface area contributed by atoms with E-state index in [-0.39, 0.29) is 11.8 Å². The second-order valence-electron chi connectivity index (χ2n) is 8.98. The van der Waals surface area contributed by atoms with Crippen molar-refractivity contribution in [2.45, 2.75) is 31.8 Å². The number of ether oxygens (including phenoxy) is 1. The van der Waals surface area contributed by atoms with Crippen LogP contribution in [0.3, 0.4) is 0 Å². The number of carbonyl (C=O) groups excluding carboxylic acids is 1. The molecule has 33 heavy (non-hydrogen) atoms. The summed E-state index contributed by atoms with van der Waals surface area (Å²) >= 11 is 0. The summed E-state index contributed by atoms with van der Waals surface area (Å²) in [5.74, 6) is 1.44. The van der Waals surface area contributed by atoms with E-state index < -0.39 is 0 Å². The molecule has 1 aliphatic heterocycles. The second-order valence-corrected chi connectivity index (χ2v) is 8.98. The van der Waals surface area contributed by atoms with Gasteiger partial charge < -0.3 is 19.9 Å². The van der Waals surface area contributed by atoms with Crippen LogP contribution in [-0.4, -0.2) is 67.4 Å². The molecule has 2 aromatic rings. The van der Waals surface area contributed by atoms with E-state index in [0.717, 1.165) is 67.9 Å². The van der Waals surface area contributed by atoms with Gasteiger partial charge in [0.15, 0.2) is 0 Å². The number of anilines is 1. The molecule has 2 N–H and O–H groups in total. The molecule has 1 aromatic carbocycles. The highest BCUT2D eigenvalue weighted by Crippen LogP contribution is 2.30. The maximum Gasteiger partial charge on any atom is 0.225 e. The van der Waals surface area contributed by atoms with Gasteiger partial charge >= 0.3 is 0 Å². The number of piperidine rings is 1. The molecule has 0 atom stereocenters. The first-order valence-electron chi connectivity index (χ1n) is 11.9. The van der Waals surface area contributed by atoms with Crippen LogP contribution in [-0.2, 0) is 4.79 Å². The number of carbonyl (C=O) groups is 1. The lowest BCUT2D eigenvalue weighted by Gasteiger charge is -2.24. The lowest BCUT2D eigenvalue weighted by atomic mass is 10.1. The number of likely N-dealkylation sites (N-methyl/N-ethyl adjacent to an activating group) is 2. The lowest BCUT2D eigenvalue weighted by Crippen LogP contribution is -2.35. The molecule has 4 rings (SSSR count). The Hall–Kier alpha value is -3.06. The van der Waals surface area contributed by atoms with Crippen LogP contribution in [0.5, 0.6) is 5.75 Å². The van der Waals surface area contributed by atoms with Gasteiger partial charge in [-0.05, 0) is 74.2 Å². The fourth-order valence-corrected chi connectivity index (χ4v) is 3.99. The molecule has 0 bridgehead atoms. The predicted octanol–water partition coefficient (Wildman–Crippen LogP) is 3.64. The Labute approximate surface area is 196 Å². The number of aromatic nitrogens is 2. The summed E-state index contributed by atoms with van der Waals surface area (Å²) in [5.41, 5.74) is 3.15. The minimum atomic E-state index is 0.256. The molecule has 1 saturated carbocycles. The number of hydrogen-bond acceptors (Lipinski definition) is 5. The fourth-order valence-electron chi connectivity index (χ4n) is 3.99. The maximum absolute atomic E-state index is 12.2. The Kier molecular flexibility index (Phi) is 7.83. The van der Waals surface area contributed by atoms with Crippen molar-refractivity contribution in [1.29, 1.82) is 0 Å². The zero-order chi connectivity index (χ0) is 23.0. The smallest absolute Gasteiger partial charge is 0.225 e. The SMILES string of the molecule is CN(CCN(C)c1ccn[nH]cc(-c2ccc(OC3CCNCC3)cc2)cc1)C(=O)C1CC1. The van der Waals surface area contributed by atoms with E-state index in [1.54, 1.807) is 6.20 Å².